The van der Waals surface area contributed by atoms with Crippen molar-refractivity contribution in [3.05, 3.63) is 102 Å². The molecule has 0 N–H and O–H groups in total. The highest BCUT2D eigenvalue weighted by molar-refractivity contribution is 5.87. The number of carbonyl (C=O) groups excluding carboxylic acids is 1. The van der Waals surface area contributed by atoms with Crippen molar-refractivity contribution >= 4 is 16.7 Å². The molecule has 0 unspecified atom stereocenters. The molecule has 1 heterocycles. The van der Waals surface area contributed by atoms with Crippen molar-refractivity contribution in [3.63, 3.8) is 0 Å². The van der Waals surface area contributed by atoms with Gasteiger partial charge in [0, 0.05) is 23.1 Å². The van der Waals surface area contributed by atoms with Crippen LogP contribution in [0.25, 0.3) is 33.3 Å². The summed E-state index contributed by atoms with van der Waals surface area (Å²) >= 11 is 0. The number of rotatable bonds is 7. The molecule has 38 heavy (non-hydrogen) atoms. The van der Waals surface area contributed by atoms with Gasteiger partial charge in [-0.15, -0.1) is 0 Å². The molecule has 0 saturated carbocycles. The molecule has 0 radical (unpaired) electrons. The van der Waals surface area contributed by atoms with Crippen molar-refractivity contribution in [2.45, 2.75) is 59.8 Å². The Bertz CT molecular complexity index is 1430. The van der Waals surface area contributed by atoms with Gasteiger partial charge in [-0.25, -0.2) is 0 Å². The maximum Gasteiger partial charge on any atom is 0.216 e. The molecule has 0 amide bonds. The van der Waals surface area contributed by atoms with Gasteiger partial charge in [-0.3, -0.25) is 4.79 Å². The zero-order chi connectivity index (χ0) is 27.9. The molecular weight excluding hydrogens is 466 g/mol. The first-order chi connectivity index (χ1) is 18.1. The van der Waals surface area contributed by atoms with Gasteiger partial charge in [0.25, 0.3) is 0 Å². The number of nitrogens with zero attached hydrogens (tertiary/aromatic N) is 1. The van der Waals surface area contributed by atoms with Gasteiger partial charge in [0.1, 0.15) is 7.05 Å². The van der Waals surface area contributed by atoms with Crippen LogP contribution in [0, 0.1) is 6.92 Å². The number of allylic oxidation sites excluding steroid dienone is 2. The minimum Gasteiger partial charge on any atom is -0.501 e. The summed E-state index contributed by atoms with van der Waals surface area (Å²) in [6.45, 7) is 12.5. The topological polar surface area (TPSA) is 30.2 Å². The number of aryl methyl sites for hydroxylation is 2. The second-order valence-corrected chi connectivity index (χ2v) is 10.3. The molecule has 0 saturated heterocycles. The summed E-state index contributed by atoms with van der Waals surface area (Å²) in [4.78, 5) is 10.3. The summed E-state index contributed by atoms with van der Waals surface area (Å²) in [5.41, 5.74) is 9.39. The van der Waals surface area contributed by atoms with Crippen LogP contribution in [0.3, 0.4) is 0 Å². The van der Waals surface area contributed by atoms with E-state index in [1.54, 1.807) is 6.92 Å². The molecule has 4 aromatic rings. The second-order valence-electron chi connectivity index (χ2n) is 10.3. The van der Waals surface area contributed by atoms with Gasteiger partial charge in [0.05, 0.1) is 18.4 Å². The van der Waals surface area contributed by atoms with Crippen molar-refractivity contribution in [1.29, 1.82) is 0 Å². The number of benzene rings is 3. The van der Waals surface area contributed by atoms with Gasteiger partial charge >= 0.3 is 0 Å². The van der Waals surface area contributed by atoms with Crippen molar-refractivity contribution in [2.75, 3.05) is 7.11 Å². The van der Waals surface area contributed by atoms with Crippen LogP contribution in [0.5, 0.6) is 0 Å². The molecule has 3 heteroatoms. The van der Waals surface area contributed by atoms with Crippen LogP contribution in [0.1, 0.15) is 58.6 Å². The van der Waals surface area contributed by atoms with Crippen LogP contribution in [0.15, 0.2) is 90.7 Å². The highest BCUT2D eigenvalue weighted by atomic mass is 16.5. The summed E-state index contributed by atoms with van der Waals surface area (Å²) in [7, 11) is 3.74. The van der Waals surface area contributed by atoms with Gasteiger partial charge in [-0.2, -0.15) is 4.57 Å². The number of methoxy groups -OCH3 is 1. The normalized spacial score (nSPS) is 11.6. The van der Waals surface area contributed by atoms with Crippen LogP contribution < -0.4 is 4.57 Å². The maximum absolute atomic E-state index is 10.3. The van der Waals surface area contributed by atoms with Crippen molar-refractivity contribution < 1.29 is 14.1 Å². The smallest absolute Gasteiger partial charge is 0.216 e. The first kappa shape index (κ1) is 28.8. The van der Waals surface area contributed by atoms with E-state index in [9.17, 15) is 4.79 Å². The van der Waals surface area contributed by atoms with Gasteiger partial charge in [-0.05, 0) is 73.9 Å². The third-order valence-corrected chi connectivity index (χ3v) is 7.70. The molecule has 0 atom stereocenters. The Kier molecular flexibility index (Phi) is 9.63. The summed E-state index contributed by atoms with van der Waals surface area (Å²) < 4.78 is 7.08. The zero-order valence-electron chi connectivity index (χ0n) is 24.3. The molecule has 198 valence electrons. The lowest BCUT2D eigenvalue weighted by atomic mass is 9.74. The fraction of sp³-hybridized carbons (Fsp3) is 0.314. The largest absolute Gasteiger partial charge is 0.501 e. The molecule has 0 bridgehead atoms. The molecule has 0 fully saturated rings. The highest BCUT2D eigenvalue weighted by Crippen LogP contribution is 2.40. The molecule has 0 aliphatic rings. The SMILES string of the molecule is CCC(C)(CC)c1ccc(-c2ccccc2)cc1-c1c(C)cc2ccccc2[n+]1C.CO/C(C)=C\C(C)=O. The van der Waals surface area contributed by atoms with E-state index >= 15 is 0 Å². The van der Waals surface area contributed by atoms with Crippen LogP contribution in [0.4, 0.5) is 0 Å². The molecule has 3 aromatic carbocycles. The Morgan fingerprint density at radius 1 is 0.895 bits per heavy atom. The monoisotopic (exact) mass is 508 g/mol. The summed E-state index contributed by atoms with van der Waals surface area (Å²) in [6.07, 6.45) is 3.69. The first-order valence-electron chi connectivity index (χ1n) is 13.5. The summed E-state index contributed by atoms with van der Waals surface area (Å²) in [6, 6.07) is 28.8. The van der Waals surface area contributed by atoms with Gasteiger partial charge < -0.3 is 4.74 Å². The van der Waals surface area contributed by atoms with E-state index in [-0.39, 0.29) is 11.2 Å². The van der Waals surface area contributed by atoms with Crippen LogP contribution in [-0.2, 0) is 22.0 Å². The molecule has 1 aromatic heterocycles. The van der Waals surface area contributed by atoms with Crippen molar-refractivity contribution in [2.24, 2.45) is 7.05 Å². The highest BCUT2D eigenvalue weighted by Gasteiger charge is 2.30. The van der Waals surface area contributed by atoms with Gasteiger partial charge in [0.2, 0.25) is 11.2 Å². The fourth-order valence-corrected chi connectivity index (χ4v) is 5.05. The number of aromatic nitrogens is 1. The lowest BCUT2D eigenvalue weighted by Crippen LogP contribution is -2.34. The standard InChI is InChI=1S/C29H32N.C6H10O2/c1-6-29(4,7-2)26-18-17-23(22-13-9-8-10-14-22)20-25(26)28-21(3)19-24-15-11-12-16-27(24)30(28)5;1-5(7)4-6(2)8-3/h8-20H,6-7H2,1-5H3;4H,1-3H3/q+1;/b;6-4-. The Morgan fingerprint density at radius 2 is 1.53 bits per heavy atom. The lowest BCUT2D eigenvalue weighted by molar-refractivity contribution is -0.633. The third-order valence-electron chi connectivity index (χ3n) is 7.70. The van der Waals surface area contributed by atoms with Crippen LogP contribution >= 0.6 is 0 Å². The van der Waals surface area contributed by atoms with Crippen molar-refractivity contribution in [1.82, 2.24) is 0 Å². The molecule has 0 spiro atoms. The Balaban J connectivity index is 0.000000436. The van der Waals surface area contributed by atoms with Gasteiger partial charge in [-0.1, -0.05) is 75.4 Å². The van der Waals surface area contributed by atoms with E-state index in [1.807, 2.05) is 0 Å². The van der Waals surface area contributed by atoms with E-state index in [2.05, 4.69) is 118 Å². The predicted molar refractivity (Wildman–Crippen MR) is 160 cm³/mol. The number of ketones is 1. The summed E-state index contributed by atoms with van der Waals surface area (Å²) in [5, 5.41) is 1.29. The Hall–Kier alpha value is -3.72. The number of fused-ring (bicyclic) bond motifs is 1. The van der Waals surface area contributed by atoms with E-state index in [1.165, 1.54) is 64.5 Å². The number of hydrogen-bond donors (Lipinski definition) is 0. The average Bonchev–Trinajstić information content (AvgIpc) is 2.93. The molecular formula is C35H42NO2+. The van der Waals surface area contributed by atoms with E-state index in [4.69, 9.17) is 4.74 Å². The quantitative estimate of drug-likeness (QED) is 0.142. The minimum absolute atomic E-state index is 0.0179. The first-order valence-corrected chi connectivity index (χ1v) is 13.5. The van der Waals surface area contributed by atoms with Gasteiger partial charge in [0.15, 0.2) is 5.78 Å². The van der Waals surface area contributed by atoms with E-state index < -0.39 is 0 Å². The lowest BCUT2D eigenvalue weighted by Gasteiger charge is -2.30. The Morgan fingerprint density at radius 3 is 2.11 bits per heavy atom. The third kappa shape index (κ3) is 6.39. The average molecular weight is 509 g/mol. The molecule has 0 aliphatic heterocycles. The van der Waals surface area contributed by atoms with E-state index in [0.29, 0.717) is 5.76 Å². The number of hydrogen-bond acceptors (Lipinski definition) is 2. The number of para-hydroxylation sites is 1. The zero-order valence-corrected chi connectivity index (χ0v) is 24.3. The van der Waals surface area contributed by atoms with Crippen LogP contribution in [-0.4, -0.2) is 12.9 Å². The maximum atomic E-state index is 10.3. The molecule has 3 nitrogen and oxygen atoms in total. The second kappa shape index (κ2) is 12.7. The number of ether oxygens (including phenoxy) is 1. The number of pyridine rings is 1. The van der Waals surface area contributed by atoms with E-state index in [0.717, 1.165) is 12.8 Å². The molecule has 0 aliphatic carbocycles. The molecule has 4 rings (SSSR count). The van der Waals surface area contributed by atoms with Crippen molar-refractivity contribution in [3.8, 4) is 22.4 Å². The van der Waals surface area contributed by atoms with Crippen LogP contribution in [0.2, 0.25) is 0 Å². The number of carbonyl (C=O) groups is 1. The predicted octanol–water partition coefficient (Wildman–Crippen LogP) is 8.51. The summed E-state index contributed by atoms with van der Waals surface area (Å²) in [5.74, 6) is 0.668. The fourth-order valence-electron chi connectivity index (χ4n) is 5.05. The Labute approximate surface area is 228 Å². The minimum atomic E-state index is 0.0179.